The predicted molar refractivity (Wildman–Crippen MR) is 78.1 cm³/mol. The Bertz CT molecular complexity index is 496. The number of hydrogen-bond donors (Lipinski definition) is 0. The van der Waals surface area contributed by atoms with Gasteiger partial charge in [0.25, 0.3) is 0 Å². The molecule has 1 saturated heterocycles. The third kappa shape index (κ3) is 5.98. The first-order valence-electron chi connectivity index (χ1n) is 7.30. The Hall–Kier alpha value is -0.203. The molecule has 11 heteroatoms. The summed E-state index contributed by atoms with van der Waals surface area (Å²) in [7, 11) is -8.65. The maximum absolute atomic E-state index is 12.2. The summed E-state index contributed by atoms with van der Waals surface area (Å²) in [6.07, 6.45) is 0.565. The molecule has 23 heavy (non-hydrogen) atoms. The van der Waals surface area contributed by atoms with E-state index in [-0.39, 0.29) is 18.6 Å². The van der Waals surface area contributed by atoms with Gasteiger partial charge in [0, 0.05) is 18.8 Å². The molecule has 1 rings (SSSR count). The van der Waals surface area contributed by atoms with E-state index in [1.807, 2.05) is 20.8 Å². The minimum Gasteiger partial charge on any atom is -0.374 e. The minimum absolute atomic E-state index is 0.0182. The average Bonchev–Trinajstić information content (AvgIpc) is 2.31. The van der Waals surface area contributed by atoms with Crippen molar-refractivity contribution in [2.75, 3.05) is 13.2 Å². The fourth-order valence-corrected chi connectivity index (χ4v) is 6.17. The molecule has 138 valence electrons. The van der Waals surface area contributed by atoms with Crippen LogP contribution in [0, 0.1) is 0 Å². The molecule has 0 radical (unpaired) electrons. The number of hydrogen-bond acceptors (Lipinski definition) is 6. The Morgan fingerprint density at radius 2 is 1.96 bits per heavy atom. The predicted octanol–water partition coefficient (Wildman–Crippen LogP) is 2.82. The molecule has 0 bridgehead atoms. The lowest BCUT2D eigenvalue weighted by Crippen LogP contribution is -2.58. The first kappa shape index (κ1) is 20.8. The first-order chi connectivity index (χ1) is 10.3. The van der Waals surface area contributed by atoms with E-state index in [4.69, 9.17) is 13.3 Å². The maximum Gasteiger partial charge on any atom is 0.523 e. The van der Waals surface area contributed by atoms with Crippen molar-refractivity contribution in [1.29, 1.82) is 0 Å². The van der Waals surface area contributed by atoms with Crippen LogP contribution < -0.4 is 0 Å². The van der Waals surface area contributed by atoms with Crippen LogP contribution in [-0.4, -0.2) is 47.6 Å². The van der Waals surface area contributed by atoms with Crippen molar-refractivity contribution in [3.05, 3.63) is 0 Å². The van der Waals surface area contributed by atoms with E-state index >= 15 is 0 Å². The van der Waals surface area contributed by atoms with Gasteiger partial charge in [-0.15, -0.1) is 0 Å². The molecule has 0 aromatic carbocycles. The van der Waals surface area contributed by atoms with E-state index < -0.39 is 36.6 Å². The van der Waals surface area contributed by atoms with E-state index in [1.54, 1.807) is 6.92 Å². The van der Waals surface area contributed by atoms with Gasteiger partial charge in [-0.1, -0.05) is 0 Å². The van der Waals surface area contributed by atoms with E-state index in [9.17, 15) is 21.6 Å². The van der Waals surface area contributed by atoms with Gasteiger partial charge < -0.3 is 13.3 Å². The van der Waals surface area contributed by atoms with Crippen LogP contribution in [0.15, 0.2) is 0 Å². The summed E-state index contributed by atoms with van der Waals surface area (Å²) in [6, 6.07) is 0.183. The summed E-state index contributed by atoms with van der Waals surface area (Å²) >= 11 is 0. The number of rotatable bonds is 7. The molecular weight excluding hydrogens is 357 g/mol. The van der Waals surface area contributed by atoms with Gasteiger partial charge in [0.2, 0.25) is 0 Å². The zero-order valence-corrected chi connectivity index (χ0v) is 15.4. The number of halogens is 3. The second kappa shape index (κ2) is 7.36. The highest BCUT2D eigenvalue weighted by molar-refractivity contribution is 7.87. The van der Waals surface area contributed by atoms with Gasteiger partial charge >= 0.3 is 24.4 Å². The topological polar surface area (TPSA) is 71.1 Å². The smallest absolute Gasteiger partial charge is 0.374 e. The Morgan fingerprint density at radius 1 is 1.35 bits per heavy atom. The van der Waals surface area contributed by atoms with Crippen LogP contribution in [0.4, 0.5) is 13.2 Å². The molecule has 0 saturated carbocycles. The SMILES string of the molecule is CCO[Si]1(CCCOS(=O)(=O)C(F)(F)F)OC(C)CC(C)(C)O1. The molecule has 2 unspecified atom stereocenters. The lowest BCUT2D eigenvalue weighted by atomic mass is 10.0. The molecule has 2 atom stereocenters. The minimum atomic E-state index is -5.57. The highest BCUT2D eigenvalue weighted by atomic mass is 32.2. The highest BCUT2D eigenvalue weighted by Gasteiger charge is 2.51. The van der Waals surface area contributed by atoms with Crippen molar-refractivity contribution in [2.24, 2.45) is 0 Å². The molecular formula is C12H23F3O6SSi. The highest BCUT2D eigenvalue weighted by Crippen LogP contribution is 2.35. The quantitative estimate of drug-likeness (QED) is 0.293. The summed E-state index contributed by atoms with van der Waals surface area (Å²) in [4.78, 5) is 0. The molecule has 1 aliphatic heterocycles. The zero-order valence-electron chi connectivity index (χ0n) is 13.6. The second-order valence-corrected chi connectivity index (χ2v) is 10.1. The molecule has 1 heterocycles. The molecule has 1 aliphatic rings. The summed E-state index contributed by atoms with van der Waals surface area (Å²) in [5, 5.41) is 0. The average molecular weight is 380 g/mol. The molecule has 1 fully saturated rings. The molecule has 0 N–H and O–H groups in total. The Labute approximate surface area is 135 Å². The van der Waals surface area contributed by atoms with Crippen molar-refractivity contribution in [1.82, 2.24) is 0 Å². The van der Waals surface area contributed by atoms with Gasteiger partial charge in [-0.2, -0.15) is 21.6 Å². The van der Waals surface area contributed by atoms with Crippen molar-refractivity contribution in [3.8, 4) is 0 Å². The summed E-state index contributed by atoms with van der Waals surface area (Å²) < 4.78 is 79.6. The Kier molecular flexibility index (Phi) is 6.67. The third-order valence-corrected chi connectivity index (χ3v) is 7.47. The van der Waals surface area contributed by atoms with Gasteiger partial charge in [-0.25, -0.2) is 0 Å². The Balaban J connectivity index is 2.64. The fraction of sp³-hybridized carbons (Fsp3) is 1.00. The van der Waals surface area contributed by atoms with E-state index in [0.717, 1.165) is 0 Å². The Morgan fingerprint density at radius 3 is 2.43 bits per heavy atom. The zero-order chi connectivity index (χ0) is 17.9. The molecule has 0 aromatic heterocycles. The van der Waals surface area contributed by atoms with Crippen LogP contribution in [0.25, 0.3) is 0 Å². The normalized spacial score (nSPS) is 28.7. The summed E-state index contributed by atoms with van der Waals surface area (Å²) in [5.41, 5.74) is -5.89. The van der Waals surface area contributed by atoms with Crippen molar-refractivity contribution < 1.29 is 39.1 Å². The van der Waals surface area contributed by atoms with Crippen molar-refractivity contribution >= 4 is 18.9 Å². The van der Waals surface area contributed by atoms with Gasteiger partial charge in [0.05, 0.1) is 12.2 Å². The molecule has 0 aromatic rings. The van der Waals surface area contributed by atoms with Gasteiger partial charge in [-0.3, -0.25) is 4.18 Å². The van der Waals surface area contributed by atoms with Crippen molar-refractivity contribution in [3.63, 3.8) is 0 Å². The van der Waals surface area contributed by atoms with Crippen LogP contribution in [0.1, 0.15) is 40.5 Å². The van der Waals surface area contributed by atoms with E-state index in [2.05, 4.69) is 4.18 Å². The summed E-state index contributed by atoms with van der Waals surface area (Å²) in [5.74, 6) is 0. The molecule has 0 amide bonds. The van der Waals surface area contributed by atoms with Crippen LogP contribution in [0.2, 0.25) is 6.04 Å². The number of alkyl halides is 3. The monoisotopic (exact) mass is 380 g/mol. The van der Waals surface area contributed by atoms with Gasteiger partial charge in [0.1, 0.15) is 0 Å². The van der Waals surface area contributed by atoms with E-state index in [0.29, 0.717) is 13.0 Å². The van der Waals surface area contributed by atoms with Gasteiger partial charge in [-0.05, 0) is 40.5 Å². The lowest BCUT2D eigenvalue weighted by Gasteiger charge is -2.45. The first-order valence-corrected chi connectivity index (χ1v) is 10.6. The molecule has 0 spiro atoms. The maximum atomic E-state index is 12.2. The molecule has 6 nitrogen and oxygen atoms in total. The third-order valence-electron chi connectivity index (χ3n) is 3.11. The van der Waals surface area contributed by atoms with Gasteiger partial charge in [0.15, 0.2) is 0 Å². The largest absolute Gasteiger partial charge is 0.523 e. The second-order valence-electron chi connectivity index (χ2n) is 5.94. The lowest BCUT2D eigenvalue weighted by molar-refractivity contribution is -0.0901. The fourth-order valence-electron chi connectivity index (χ4n) is 2.52. The summed E-state index contributed by atoms with van der Waals surface area (Å²) in [6.45, 7) is 7.13. The van der Waals surface area contributed by atoms with Crippen LogP contribution in [-0.2, 0) is 27.6 Å². The standard InChI is InChI=1S/C12H23F3O6SSi/c1-5-19-23(20-10(2)9-11(3,4)21-23)8-6-7-18-22(16,17)12(13,14)15/h10H,5-9H2,1-4H3. The molecule has 0 aliphatic carbocycles. The van der Waals surface area contributed by atoms with E-state index in [1.165, 1.54) is 0 Å². The van der Waals surface area contributed by atoms with Crippen LogP contribution in [0.3, 0.4) is 0 Å². The van der Waals surface area contributed by atoms with Crippen LogP contribution in [0.5, 0.6) is 0 Å². The van der Waals surface area contributed by atoms with Crippen molar-refractivity contribution in [2.45, 2.75) is 63.8 Å². The van der Waals surface area contributed by atoms with Crippen LogP contribution >= 0.6 is 0 Å².